The highest BCUT2D eigenvalue weighted by atomic mass is 32.2. The van der Waals surface area contributed by atoms with Crippen molar-refractivity contribution in [1.29, 1.82) is 0 Å². The number of non-ortho nitro benzene ring substituents is 1. The average molecular weight is 590 g/mol. The molecule has 3 unspecified atom stereocenters. The van der Waals surface area contributed by atoms with Crippen LogP contribution in [0.3, 0.4) is 0 Å². The van der Waals surface area contributed by atoms with E-state index in [0.717, 1.165) is 11.1 Å². The van der Waals surface area contributed by atoms with E-state index < -0.39 is 52.6 Å². The second-order valence-electron chi connectivity index (χ2n) is 9.73. The number of carbonyl (C=O) groups excluding carboxylic acids is 3. The van der Waals surface area contributed by atoms with Gasteiger partial charge >= 0.3 is 12.1 Å². The van der Waals surface area contributed by atoms with Crippen molar-refractivity contribution in [2.45, 2.75) is 43.2 Å². The Hall–Kier alpha value is -4.68. The zero-order chi connectivity index (χ0) is 29.8. The SMILES string of the molecule is CC(O)C1=CS[C@H]2C(NC(=O)OCc3ccc([N+](=O)[O-])cc3)C(=O)N2C1C(=O)OC(c1ccccc1)c1ccccc1. The minimum absolute atomic E-state index is 0.0887. The minimum Gasteiger partial charge on any atom is -0.451 e. The monoisotopic (exact) mass is 589 g/mol. The van der Waals surface area contributed by atoms with Crippen LogP contribution >= 0.6 is 11.8 Å². The van der Waals surface area contributed by atoms with Crippen molar-refractivity contribution in [2.24, 2.45) is 0 Å². The van der Waals surface area contributed by atoms with E-state index in [-0.39, 0.29) is 12.3 Å². The number of fused-ring (bicyclic) bond motifs is 1. The number of hydrogen-bond donors (Lipinski definition) is 2. The molecular weight excluding hydrogens is 562 g/mol. The summed E-state index contributed by atoms with van der Waals surface area (Å²) in [5.41, 5.74) is 2.24. The van der Waals surface area contributed by atoms with Crippen LogP contribution in [-0.4, -0.2) is 56.5 Å². The molecule has 0 aliphatic carbocycles. The Bertz CT molecular complexity index is 1460. The molecule has 1 fully saturated rings. The first-order valence-electron chi connectivity index (χ1n) is 13.1. The summed E-state index contributed by atoms with van der Waals surface area (Å²) in [7, 11) is 0. The van der Waals surface area contributed by atoms with E-state index in [1.807, 2.05) is 60.7 Å². The lowest BCUT2D eigenvalue weighted by Crippen LogP contribution is -2.74. The van der Waals surface area contributed by atoms with Crippen LogP contribution in [-0.2, 0) is 25.7 Å². The van der Waals surface area contributed by atoms with Gasteiger partial charge in [-0.05, 0) is 46.7 Å². The van der Waals surface area contributed by atoms with Crippen LogP contribution in [0, 0.1) is 10.1 Å². The number of amides is 2. The number of β-lactam (4-membered cyclic amide) rings is 1. The van der Waals surface area contributed by atoms with Gasteiger partial charge in [-0.15, -0.1) is 11.8 Å². The molecule has 4 atom stereocenters. The Labute approximate surface area is 245 Å². The Kier molecular flexibility index (Phi) is 8.55. The number of nitro groups is 1. The summed E-state index contributed by atoms with van der Waals surface area (Å²) in [5.74, 6) is -1.23. The van der Waals surface area contributed by atoms with Gasteiger partial charge in [-0.25, -0.2) is 9.59 Å². The first-order valence-corrected chi connectivity index (χ1v) is 14.0. The number of nitrogens with one attached hydrogen (secondary N) is 1. The lowest BCUT2D eigenvalue weighted by molar-refractivity contribution is -0.384. The molecule has 2 N–H and O–H groups in total. The highest BCUT2D eigenvalue weighted by Crippen LogP contribution is 2.42. The summed E-state index contributed by atoms with van der Waals surface area (Å²) in [6.45, 7) is 1.35. The fraction of sp³-hybridized carbons (Fsp3) is 0.233. The Morgan fingerprint density at radius 2 is 1.62 bits per heavy atom. The minimum atomic E-state index is -1.19. The summed E-state index contributed by atoms with van der Waals surface area (Å²) in [4.78, 5) is 51.1. The van der Waals surface area contributed by atoms with Crippen LogP contribution in [0.1, 0.15) is 29.7 Å². The number of rotatable bonds is 9. The maximum Gasteiger partial charge on any atom is 0.408 e. The molecule has 1 saturated heterocycles. The number of alkyl carbamates (subject to hydrolysis) is 1. The van der Waals surface area contributed by atoms with Crippen molar-refractivity contribution in [1.82, 2.24) is 10.2 Å². The van der Waals surface area contributed by atoms with Gasteiger partial charge in [-0.1, -0.05) is 60.7 Å². The molecule has 0 spiro atoms. The summed E-state index contributed by atoms with van der Waals surface area (Å²) >= 11 is 1.20. The number of nitrogens with zero attached hydrogens (tertiary/aromatic N) is 2. The van der Waals surface area contributed by atoms with E-state index in [4.69, 9.17) is 9.47 Å². The molecule has 2 amide bonds. The predicted molar refractivity (Wildman–Crippen MR) is 153 cm³/mol. The van der Waals surface area contributed by atoms with Crippen LogP contribution in [0.5, 0.6) is 0 Å². The lowest BCUT2D eigenvalue weighted by Gasteiger charge is -2.52. The van der Waals surface area contributed by atoms with E-state index in [9.17, 15) is 29.6 Å². The van der Waals surface area contributed by atoms with Crippen LogP contribution in [0.2, 0.25) is 0 Å². The summed E-state index contributed by atoms with van der Waals surface area (Å²) in [6, 6.07) is 21.8. The molecule has 216 valence electrons. The van der Waals surface area contributed by atoms with Gasteiger partial charge in [0.25, 0.3) is 5.69 Å². The maximum absolute atomic E-state index is 13.7. The zero-order valence-corrected chi connectivity index (χ0v) is 23.2. The van der Waals surface area contributed by atoms with Gasteiger partial charge in [0.15, 0.2) is 12.1 Å². The molecule has 11 nitrogen and oxygen atoms in total. The van der Waals surface area contributed by atoms with E-state index in [2.05, 4.69) is 5.32 Å². The van der Waals surface area contributed by atoms with Crippen molar-refractivity contribution in [2.75, 3.05) is 0 Å². The number of benzene rings is 3. The molecule has 0 radical (unpaired) electrons. The van der Waals surface area contributed by atoms with Crippen molar-refractivity contribution in [3.63, 3.8) is 0 Å². The van der Waals surface area contributed by atoms with Crippen LogP contribution in [0.25, 0.3) is 0 Å². The maximum atomic E-state index is 13.7. The topological polar surface area (TPSA) is 148 Å². The number of hydrogen-bond acceptors (Lipinski definition) is 9. The standard InChI is InChI=1S/C30H27N3O8S/c1-18(34)23-17-42-28-24(31-30(37)40-16-19-12-14-22(15-13-19)33(38)39)27(35)32(28)25(23)29(36)41-26(20-8-4-2-5-9-20)21-10-6-3-7-11-21/h2-15,17-18,24-26,28,34H,16H2,1H3,(H,31,37)/t18?,24?,25?,28-/m0/s1. The third kappa shape index (κ3) is 5.99. The summed E-state index contributed by atoms with van der Waals surface area (Å²) < 4.78 is 11.2. The van der Waals surface area contributed by atoms with Gasteiger partial charge in [0.1, 0.15) is 18.0 Å². The second kappa shape index (κ2) is 12.5. The normalized spacial score (nSPS) is 20.1. The number of ether oxygens (including phenoxy) is 2. The van der Waals surface area contributed by atoms with Gasteiger partial charge in [-0.2, -0.15) is 0 Å². The van der Waals surface area contributed by atoms with E-state index >= 15 is 0 Å². The van der Waals surface area contributed by atoms with Crippen LogP contribution < -0.4 is 5.32 Å². The second-order valence-corrected chi connectivity index (χ2v) is 10.7. The van der Waals surface area contributed by atoms with Crippen molar-refractivity contribution in [3.8, 4) is 0 Å². The van der Waals surface area contributed by atoms with E-state index in [0.29, 0.717) is 11.1 Å². The third-order valence-corrected chi connectivity index (χ3v) is 8.14. The lowest BCUT2D eigenvalue weighted by atomic mass is 9.95. The predicted octanol–water partition coefficient (Wildman–Crippen LogP) is 4.07. The van der Waals surface area contributed by atoms with Gasteiger partial charge in [0.2, 0.25) is 5.91 Å². The van der Waals surface area contributed by atoms with Gasteiger partial charge in [-0.3, -0.25) is 14.9 Å². The van der Waals surface area contributed by atoms with Crippen molar-refractivity contribution in [3.05, 3.63) is 123 Å². The largest absolute Gasteiger partial charge is 0.451 e. The quantitative estimate of drug-likeness (QED) is 0.163. The molecule has 12 heteroatoms. The molecule has 3 aromatic carbocycles. The highest BCUT2D eigenvalue weighted by molar-refractivity contribution is 8.03. The van der Waals surface area contributed by atoms with E-state index in [1.165, 1.54) is 47.9 Å². The van der Waals surface area contributed by atoms with Crippen LogP contribution in [0.4, 0.5) is 10.5 Å². The average Bonchev–Trinajstić information content (AvgIpc) is 3.01. The number of nitro benzene ring substituents is 1. The fourth-order valence-electron chi connectivity index (χ4n) is 4.78. The highest BCUT2D eigenvalue weighted by Gasteiger charge is 2.57. The molecule has 3 aromatic rings. The van der Waals surface area contributed by atoms with Crippen molar-refractivity contribution >= 4 is 35.4 Å². The number of esters is 1. The Morgan fingerprint density at radius 3 is 2.17 bits per heavy atom. The Balaban J connectivity index is 1.29. The molecular formula is C30H27N3O8S. The van der Waals surface area contributed by atoms with Gasteiger partial charge < -0.3 is 24.8 Å². The first kappa shape index (κ1) is 28.8. The van der Waals surface area contributed by atoms with Gasteiger partial charge in [0.05, 0.1) is 11.0 Å². The molecule has 42 heavy (non-hydrogen) atoms. The zero-order valence-electron chi connectivity index (χ0n) is 22.4. The number of carbonyl (C=O) groups is 3. The molecule has 0 saturated carbocycles. The number of aliphatic hydroxyl groups is 1. The van der Waals surface area contributed by atoms with Crippen molar-refractivity contribution < 1.29 is 33.9 Å². The molecule has 0 bridgehead atoms. The molecule has 2 heterocycles. The van der Waals surface area contributed by atoms with E-state index in [1.54, 1.807) is 5.41 Å². The smallest absolute Gasteiger partial charge is 0.408 e. The fourth-order valence-corrected chi connectivity index (χ4v) is 6.10. The van der Waals surface area contributed by atoms with Crippen LogP contribution in [0.15, 0.2) is 95.9 Å². The Morgan fingerprint density at radius 1 is 1.02 bits per heavy atom. The number of aliphatic hydroxyl groups excluding tert-OH is 1. The molecule has 2 aliphatic rings. The summed E-state index contributed by atoms with van der Waals surface area (Å²) in [6.07, 6.45) is -2.64. The molecule has 2 aliphatic heterocycles. The molecule has 0 aromatic heterocycles. The summed E-state index contributed by atoms with van der Waals surface area (Å²) in [5, 5.41) is 24.8. The molecule has 5 rings (SSSR count). The first-order chi connectivity index (χ1) is 20.2. The third-order valence-electron chi connectivity index (χ3n) is 6.95. The van der Waals surface area contributed by atoms with Gasteiger partial charge in [0, 0.05) is 12.1 Å². The number of thioether (sulfide) groups is 1.